The maximum absolute atomic E-state index is 12.2. The van der Waals surface area contributed by atoms with Gasteiger partial charge in [0.2, 0.25) is 0 Å². The molecule has 0 atom stereocenters. The van der Waals surface area contributed by atoms with Crippen molar-refractivity contribution in [3.63, 3.8) is 0 Å². The first-order valence-electron chi connectivity index (χ1n) is 10.2. The van der Waals surface area contributed by atoms with Gasteiger partial charge in [0.15, 0.2) is 0 Å². The largest absolute Gasteiger partial charge is 0.366 e. The summed E-state index contributed by atoms with van der Waals surface area (Å²) in [4.78, 5) is 16.7. The van der Waals surface area contributed by atoms with Crippen LogP contribution in [0, 0.1) is 0 Å². The number of hydrogen-bond donors (Lipinski definition) is 2. The number of nitrogens with two attached hydrogens (primary N) is 1. The molecule has 1 aliphatic heterocycles. The van der Waals surface area contributed by atoms with Gasteiger partial charge in [0, 0.05) is 22.2 Å². The van der Waals surface area contributed by atoms with Crippen molar-refractivity contribution < 1.29 is 13.2 Å². The van der Waals surface area contributed by atoms with E-state index in [-0.39, 0.29) is 17.4 Å². The number of nitrogens with one attached hydrogen (secondary N) is 1. The first-order chi connectivity index (χ1) is 14.4. The van der Waals surface area contributed by atoms with Crippen LogP contribution in [0.4, 0.5) is 0 Å². The molecule has 5 nitrogen and oxygen atoms in total. The van der Waals surface area contributed by atoms with Crippen LogP contribution in [-0.2, 0) is 15.6 Å². The third-order valence-corrected chi connectivity index (χ3v) is 9.71. The van der Waals surface area contributed by atoms with E-state index in [9.17, 15) is 13.2 Å². The summed E-state index contributed by atoms with van der Waals surface area (Å²) < 4.78 is 23.7. The highest BCUT2D eigenvalue weighted by Gasteiger charge is 2.27. The number of H-pyrrole nitrogens is 1. The average Bonchev–Trinajstić information content (AvgIpc) is 3.34. The quantitative estimate of drug-likeness (QED) is 0.487. The molecule has 1 amide bonds. The van der Waals surface area contributed by atoms with Gasteiger partial charge < -0.3 is 10.7 Å². The molecule has 3 aromatic rings. The molecule has 1 fully saturated rings. The lowest BCUT2D eigenvalue weighted by Gasteiger charge is -2.21. The fraction of sp³-hybridized carbons (Fsp3) is 0.409. The van der Waals surface area contributed by atoms with Gasteiger partial charge in [0.1, 0.15) is 9.84 Å². The maximum atomic E-state index is 12.2. The molecule has 4 rings (SSSR count). The minimum absolute atomic E-state index is 0.168. The number of fused-ring (bicyclic) bond motifs is 1. The zero-order chi connectivity index (χ0) is 21.3. The van der Waals surface area contributed by atoms with E-state index in [0.717, 1.165) is 39.1 Å². The van der Waals surface area contributed by atoms with E-state index in [1.807, 2.05) is 24.0 Å². The fourth-order valence-corrected chi connectivity index (χ4v) is 7.49. The van der Waals surface area contributed by atoms with Crippen LogP contribution in [0.5, 0.6) is 0 Å². The number of benzene rings is 1. The molecule has 1 aliphatic rings. The zero-order valence-corrected chi connectivity index (χ0v) is 19.4. The Hall–Kier alpha value is -1.77. The highest BCUT2D eigenvalue weighted by molar-refractivity contribution is 7.98. The Morgan fingerprint density at radius 2 is 2.00 bits per heavy atom. The molecule has 1 aromatic carbocycles. The van der Waals surface area contributed by atoms with E-state index >= 15 is 0 Å². The van der Waals surface area contributed by atoms with Crippen LogP contribution in [0.15, 0.2) is 29.8 Å². The molecule has 0 spiro atoms. The Morgan fingerprint density at radius 1 is 1.23 bits per heavy atom. The summed E-state index contributed by atoms with van der Waals surface area (Å²) >= 11 is 3.67. The number of carbonyl (C=O) groups is 1. The summed E-state index contributed by atoms with van der Waals surface area (Å²) in [6.07, 6.45) is 4.32. The predicted molar refractivity (Wildman–Crippen MR) is 127 cm³/mol. The van der Waals surface area contributed by atoms with Crippen LogP contribution in [0.3, 0.4) is 0 Å². The predicted octanol–water partition coefficient (Wildman–Crippen LogP) is 4.93. The van der Waals surface area contributed by atoms with Crippen LogP contribution in [-0.4, -0.2) is 36.6 Å². The maximum Gasteiger partial charge on any atom is 0.250 e. The molecule has 3 N–H and O–H groups in total. The molecule has 0 aliphatic carbocycles. The van der Waals surface area contributed by atoms with Gasteiger partial charge in [-0.1, -0.05) is 6.92 Å². The van der Waals surface area contributed by atoms with Crippen LogP contribution < -0.4 is 5.73 Å². The third-order valence-electron chi connectivity index (χ3n) is 5.66. The van der Waals surface area contributed by atoms with Gasteiger partial charge in [0.05, 0.1) is 22.6 Å². The molecule has 0 saturated carbocycles. The lowest BCUT2D eigenvalue weighted by atomic mass is 9.91. The van der Waals surface area contributed by atoms with Gasteiger partial charge in [-0.05, 0) is 71.2 Å². The molecular weight excluding hydrogens is 436 g/mol. The minimum Gasteiger partial charge on any atom is -0.366 e. The van der Waals surface area contributed by atoms with Crippen molar-refractivity contribution in [3.8, 4) is 11.1 Å². The second-order valence-electron chi connectivity index (χ2n) is 7.84. The lowest BCUT2D eigenvalue weighted by molar-refractivity contribution is 0.100. The van der Waals surface area contributed by atoms with Crippen molar-refractivity contribution in [2.75, 3.05) is 17.3 Å². The van der Waals surface area contributed by atoms with Gasteiger partial charge in [0.25, 0.3) is 5.91 Å². The number of primary amides is 1. The zero-order valence-electron chi connectivity index (χ0n) is 16.9. The smallest absolute Gasteiger partial charge is 0.250 e. The van der Waals surface area contributed by atoms with E-state index in [1.54, 1.807) is 11.3 Å². The number of hydrogen-bond acceptors (Lipinski definition) is 5. The average molecular weight is 463 g/mol. The number of sulfone groups is 1. The van der Waals surface area contributed by atoms with Crippen LogP contribution in [0.2, 0.25) is 0 Å². The summed E-state index contributed by atoms with van der Waals surface area (Å²) in [6.45, 7) is 2.18. The van der Waals surface area contributed by atoms with Crippen molar-refractivity contribution in [1.29, 1.82) is 0 Å². The highest BCUT2D eigenvalue weighted by Crippen LogP contribution is 2.38. The molecule has 0 unspecified atom stereocenters. The minimum atomic E-state index is -2.92. The first kappa shape index (κ1) is 21.5. The van der Waals surface area contributed by atoms with Gasteiger partial charge >= 0.3 is 0 Å². The van der Waals surface area contributed by atoms with Crippen LogP contribution in [0.1, 0.15) is 52.9 Å². The molecule has 0 bridgehead atoms. The highest BCUT2D eigenvalue weighted by atomic mass is 32.2. The molecule has 160 valence electrons. The SMILES string of the molecule is CCCSCc1cc(-c2cc(C(N)=O)c3[nH]cc(C4CCS(=O)(=O)CC4)c3c2)cs1. The second-order valence-corrected chi connectivity index (χ2v) is 12.2. The van der Waals surface area contributed by atoms with Gasteiger partial charge in [-0.15, -0.1) is 11.3 Å². The molecule has 2 aromatic heterocycles. The van der Waals surface area contributed by atoms with E-state index in [4.69, 9.17) is 5.73 Å². The summed E-state index contributed by atoms with van der Waals surface area (Å²) in [5.74, 6) is 2.29. The van der Waals surface area contributed by atoms with Gasteiger partial charge in [-0.3, -0.25) is 4.79 Å². The first-order valence-corrected chi connectivity index (χ1v) is 14.0. The van der Waals surface area contributed by atoms with Crippen molar-refractivity contribution in [2.45, 2.75) is 37.9 Å². The summed E-state index contributed by atoms with van der Waals surface area (Å²) in [6, 6.07) is 6.17. The summed E-state index contributed by atoms with van der Waals surface area (Å²) in [7, 11) is -2.92. The molecule has 0 radical (unpaired) electrons. The number of carbonyl (C=O) groups excluding carboxylic acids is 1. The molecule has 30 heavy (non-hydrogen) atoms. The monoisotopic (exact) mass is 462 g/mol. The Kier molecular flexibility index (Phi) is 6.27. The normalized spacial score (nSPS) is 16.8. The van der Waals surface area contributed by atoms with Crippen LogP contribution in [0.25, 0.3) is 22.0 Å². The van der Waals surface area contributed by atoms with E-state index < -0.39 is 15.7 Å². The van der Waals surface area contributed by atoms with Crippen LogP contribution >= 0.6 is 23.1 Å². The Morgan fingerprint density at radius 3 is 2.70 bits per heavy atom. The number of rotatable bonds is 7. The van der Waals surface area contributed by atoms with E-state index in [0.29, 0.717) is 18.4 Å². The Bertz CT molecular complexity index is 1160. The molecule has 1 saturated heterocycles. The number of amides is 1. The molecule has 3 heterocycles. The summed E-state index contributed by atoms with van der Waals surface area (Å²) in [5.41, 5.74) is 10.1. The van der Waals surface area contributed by atoms with Gasteiger partial charge in [-0.2, -0.15) is 11.8 Å². The van der Waals surface area contributed by atoms with Crippen molar-refractivity contribution in [2.24, 2.45) is 5.73 Å². The number of thioether (sulfide) groups is 1. The standard InChI is InChI=1S/C22H26N2O3S3/c1-2-5-28-13-17-8-16(12-29-17)15-9-18-20(14-3-6-30(26,27)7-4-14)11-24-21(18)19(10-15)22(23)25/h8-12,14,24H,2-7,13H2,1H3,(H2,23,25). The van der Waals surface area contributed by atoms with Crippen molar-refractivity contribution >= 4 is 49.7 Å². The number of thiophene rings is 1. The summed E-state index contributed by atoms with van der Waals surface area (Å²) in [5, 5.41) is 3.10. The number of aromatic nitrogens is 1. The fourth-order valence-electron chi connectivity index (χ4n) is 4.08. The van der Waals surface area contributed by atoms with Crippen molar-refractivity contribution in [3.05, 3.63) is 45.8 Å². The Balaban J connectivity index is 1.72. The number of aromatic amines is 1. The molecule has 8 heteroatoms. The third kappa shape index (κ3) is 4.45. The Labute approximate surface area is 185 Å². The molecular formula is C22H26N2O3S3. The van der Waals surface area contributed by atoms with E-state index in [2.05, 4.69) is 29.4 Å². The topological polar surface area (TPSA) is 93.0 Å². The van der Waals surface area contributed by atoms with E-state index in [1.165, 1.54) is 11.3 Å². The second kappa shape index (κ2) is 8.77. The van der Waals surface area contributed by atoms with Gasteiger partial charge in [-0.25, -0.2) is 8.42 Å². The van der Waals surface area contributed by atoms with Crippen molar-refractivity contribution in [1.82, 2.24) is 4.98 Å². The lowest BCUT2D eigenvalue weighted by Crippen LogP contribution is -2.22.